The minimum absolute atomic E-state index is 0.132. The zero-order chi connectivity index (χ0) is 19.1. The molecule has 4 nitrogen and oxygen atoms in total. The molecule has 0 bridgehead atoms. The molecule has 3 aromatic rings. The third-order valence-corrected chi connectivity index (χ3v) is 4.75. The van der Waals surface area contributed by atoms with E-state index >= 15 is 0 Å². The second-order valence-corrected chi connectivity index (χ2v) is 6.50. The molecule has 140 valence electrons. The number of methoxy groups -OCH3 is 2. The predicted octanol–water partition coefficient (Wildman–Crippen LogP) is 4.48. The van der Waals surface area contributed by atoms with Gasteiger partial charge in [0.1, 0.15) is 0 Å². The van der Waals surface area contributed by atoms with Gasteiger partial charge >= 0.3 is 0 Å². The summed E-state index contributed by atoms with van der Waals surface area (Å²) in [5.41, 5.74) is 4.80. The molecule has 1 heterocycles. The number of pyridine rings is 1. The Morgan fingerprint density at radius 2 is 1.70 bits per heavy atom. The van der Waals surface area contributed by atoms with Crippen LogP contribution in [0.2, 0.25) is 0 Å². The summed E-state index contributed by atoms with van der Waals surface area (Å²) in [6, 6.07) is 20.7. The maximum absolute atomic E-state index is 5.50. The maximum atomic E-state index is 5.50. The second-order valence-electron chi connectivity index (χ2n) is 6.50. The number of benzene rings is 2. The van der Waals surface area contributed by atoms with Gasteiger partial charge < -0.3 is 14.8 Å². The van der Waals surface area contributed by atoms with E-state index in [-0.39, 0.29) is 6.04 Å². The van der Waals surface area contributed by atoms with Crippen LogP contribution < -0.4 is 14.8 Å². The molecule has 1 unspecified atom stereocenters. The molecule has 0 radical (unpaired) electrons. The normalized spacial score (nSPS) is 11.8. The highest BCUT2D eigenvalue weighted by atomic mass is 16.5. The Hall–Kier alpha value is -2.85. The Labute approximate surface area is 161 Å². The third-order valence-electron chi connectivity index (χ3n) is 4.75. The molecule has 4 heteroatoms. The number of nitrogens with one attached hydrogen (secondary N) is 1. The molecule has 0 aliphatic heterocycles. The van der Waals surface area contributed by atoms with Crippen LogP contribution in [-0.2, 0) is 13.0 Å². The predicted molar refractivity (Wildman–Crippen MR) is 108 cm³/mol. The molecule has 0 saturated heterocycles. The van der Waals surface area contributed by atoms with Crippen LogP contribution in [0, 0.1) is 6.92 Å². The van der Waals surface area contributed by atoms with Crippen molar-refractivity contribution in [3.05, 3.63) is 89.2 Å². The zero-order valence-corrected chi connectivity index (χ0v) is 16.1. The lowest BCUT2D eigenvalue weighted by Crippen LogP contribution is -2.24. The number of hydrogen-bond acceptors (Lipinski definition) is 4. The summed E-state index contributed by atoms with van der Waals surface area (Å²) in [4.78, 5) is 4.42. The molecular formula is C23H26N2O2. The van der Waals surface area contributed by atoms with Gasteiger partial charge in [0.05, 0.1) is 19.9 Å². The first kappa shape index (κ1) is 18.9. The van der Waals surface area contributed by atoms with Gasteiger partial charge in [-0.25, -0.2) is 0 Å². The fraction of sp³-hybridized carbons (Fsp3) is 0.261. The first-order valence-electron chi connectivity index (χ1n) is 9.11. The Kier molecular flexibility index (Phi) is 6.44. The lowest BCUT2D eigenvalue weighted by Gasteiger charge is -2.21. The van der Waals surface area contributed by atoms with E-state index in [0.717, 1.165) is 29.2 Å². The standard InChI is InChI=1S/C23H26N2O2/c1-17-8-4-5-9-18(17)14-21(25-16-20-10-6-7-13-24-20)19-11-12-22(26-2)23(15-19)27-3/h4-13,15,21,25H,14,16H2,1-3H3. The molecule has 1 atom stereocenters. The first-order chi connectivity index (χ1) is 13.2. The largest absolute Gasteiger partial charge is 0.493 e. The first-order valence-corrected chi connectivity index (χ1v) is 9.11. The Balaban J connectivity index is 1.87. The molecule has 0 aliphatic carbocycles. The summed E-state index contributed by atoms with van der Waals surface area (Å²) in [7, 11) is 3.32. The minimum atomic E-state index is 0.132. The van der Waals surface area contributed by atoms with Crippen LogP contribution in [0.15, 0.2) is 66.9 Å². The zero-order valence-electron chi connectivity index (χ0n) is 16.1. The van der Waals surface area contributed by atoms with Gasteiger partial charge in [0, 0.05) is 18.8 Å². The van der Waals surface area contributed by atoms with Crippen LogP contribution in [0.25, 0.3) is 0 Å². The topological polar surface area (TPSA) is 43.4 Å². The van der Waals surface area contributed by atoms with E-state index in [9.17, 15) is 0 Å². The average molecular weight is 362 g/mol. The van der Waals surface area contributed by atoms with Crippen LogP contribution in [0.5, 0.6) is 11.5 Å². The highest BCUT2D eigenvalue weighted by molar-refractivity contribution is 5.44. The highest BCUT2D eigenvalue weighted by Gasteiger charge is 2.16. The lowest BCUT2D eigenvalue weighted by molar-refractivity contribution is 0.353. The van der Waals surface area contributed by atoms with E-state index in [2.05, 4.69) is 47.6 Å². The summed E-state index contributed by atoms with van der Waals surface area (Å²) >= 11 is 0. The summed E-state index contributed by atoms with van der Waals surface area (Å²) in [5, 5.41) is 3.66. The molecule has 27 heavy (non-hydrogen) atoms. The fourth-order valence-electron chi connectivity index (χ4n) is 3.17. The summed E-state index contributed by atoms with van der Waals surface area (Å²) in [6.45, 7) is 2.85. The van der Waals surface area contributed by atoms with Gasteiger partial charge in [-0.3, -0.25) is 4.98 Å². The Morgan fingerprint density at radius 3 is 2.41 bits per heavy atom. The molecule has 0 amide bonds. The number of hydrogen-bond donors (Lipinski definition) is 1. The monoisotopic (exact) mass is 362 g/mol. The highest BCUT2D eigenvalue weighted by Crippen LogP contribution is 2.31. The maximum Gasteiger partial charge on any atom is 0.161 e. The van der Waals surface area contributed by atoms with Gasteiger partial charge in [-0.1, -0.05) is 36.4 Å². The van der Waals surface area contributed by atoms with Crippen LogP contribution in [0.4, 0.5) is 0 Å². The Bertz CT molecular complexity index is 865. The summed E-state index contributed by atoms with van der Waals surface area (Å²) < 4.78 is 10.9. The molecule has 0 saturated carbocycles. The molecule has 1 aromatic heterocycles. The third kappa shape index (κ3) is 4.86. The van der Waals surface area contributed by atoms with E-state index in [4.69, 9.17) is 9.47 Å². The van der Waals surface area contributed by atoms with Gasteiger partial charge in [-0.2, -0.15) is 0 Å². The van der Waals surface area contributed by atoms with Crippen LogP contribution in [-0.4, -0.2) is 19.2 Å². The quantitative estimate of drug-likeness (QED) is 0.642. The van der Waals surface area contributed by atoms with Gasteiger partial charge in [-0.05, 0) is 54.3 Å². The molecule has 0 spiro atoms. The molecule has 2 aromatic carbocycles. The molecule has 3 rings (SSSR count). The minimum Gasteiger partial charge on any atom is -0.493 e. The molecule has 0 fully saturated rings. The van der Waals surface area contributed by atoms with E-state index in [1.807, 2.05) is 36.5 Å². The number of rotatable bonds is 8. The van der Waals surface area contributed by atoms with Gasteiger partial charge in [0.2, 0.25) is 0 Å². The van der Waals surface area contributed by atoms with Crippen molar-refractivity contribution in [2.45, 2.75) is 25.9 Å². The second kappa shape index (κ2) is 9.19. The van der Waals surface area contributed by atoms with E-state index in [1.165, 1.54) is 11.1 Å². The molecule has 1 N–H and O–H groups in total. The van der Waals surface area contributed by atoms with Crippen molar-refractivity contribution in [1.82, 2.24) is 10.3 Å². The van der Waals surface area contributed by atoms with Crippen molar-refractivity contribution in [3.63, 3.8) is 0 Å². The van der Waals surface area contributed by atoms with Crippen LogP contribution >= 0.6 is 0 Å². The van der Waals surface area contributed by atoms with Crippen molar-refractivity contribution in [3.8, 4) is 11.5 Å². The number of nitrogens with zero attached hydrogens (tertiary/aromatic N) is 1. The molecular weight excluding hydrogens is 336 g/mol. The number of aryl methyl sites for hydroxylation is 1. The summed E-state index contributed by atoms with van der Waals surface area (Å²) in [6.07, 6.45) is 2.71. The van der Waals surface area contributed by atoms with Crippen molar-refractivity contribution in [2.75, 3.05) is 14.2 Å². The van der Waals surface area contributed by atoms with Gasteiger partial charge in [0.15, 0.2) is 11.5 Å². The molecule has 0 aliphatic rings. The number of ether oxygens (including phenoxy) is 2. The van der Waals surface area contributed by atoms with E-state index in [1.54, 1.807) is 14.2 Å². The Morgan fingerprint density at radius 1 is 0.926 bits per heavy atom. The van der Waals surface area contributed by atoms with Crippen LogP contribution in [0.3, 0.4) is 0 Å². The van der Waals surface area contributed by atoms with Gasteiger partial charge in [0.25, 0.3) is 0 Å². The van der Waals surface area contributed by atoms with E-state index < -0.39 is 0 Å². The SMILES string of the molecule is COc1ccc(C(Cc2ccccc2C)NCc2ccccn2)cc1OC. The average Bonchev–Trinajstić information content (AvgIpc) is 2.72. The van der Waals surface area contributed by atoms with E-state index in [0.29, 0.717) is 6.54 Å². The van der Waals surface area contributed by atoms with Crippen molar-refractivity contribution < 1.29 is 9.47 Å². The summed E-state index contributed by atoms with van der Waals surface area (Å²) in [5.74, 6) is 1.48. The van der Waals surface area contributed by atoms with Gasteiger partial charge in [-0.15, -0.1) is 0 Å². The fourth-order valence-corrected chi connectivity index (χ4v) is 3.17. The van der Waals surface area contributed by atoms with Crippen molar-refractivity contribution >= 4 is 0 Å². The lowest BCUT2D eigenvalue weighted by atomic mass is 9.95. The van der Waals surface area contributed by atoms with Crippen molar-refractivity contribution in [2.24, 2.45) is 0 Å². The van der Waals surface area contributed by atoms with Crippen molar-refractivity contribution in [1.29, 1.82) is 0 Å². The number of aromatic nitrogens is 1. The smallest absolute Gasteiger partial charge is 0.161 e. The van der Waals surface area contributed by atoms with Crippen LogP contribution in [0.1, 0.15) is 28.4 Å².